The lowest BCUT2D eigenvalue weighted by molar-refractivity contribution is 0.329. The van der Waals surface area contributed by atoms with E-state index in [-0.39, 0.29) is 11.6 Å². The Balaban J connectivity index is 1.65. The topological polar surface area (TPSA) is 95.2 Å². The summed E-state index contributed by atoms with van der Waals surface area (Å²) in [5, 5.41) is 5.57. The SMILES string of the molecule is CS(=O)(=O)N1CCC[C@H](Nc2nc3c(C#CC4CC4)c[nH]c(=O)c3c3cc(Br)ccc23)C1. The molecule has 0 spiro atoms. The van der Waals surface area contributed by atoms with Crippen LogP contribution in [0.1, 0.15) is 31.2 Å². The maximum absolute atomic E-state index is 12.8. The van der Waals surface area contributed by atoms with Gasteiger partial charge in [0.2, 0.25) is 10.0 Å². The van der Waals surface area contributed by atoms with Gasteiger partial charge >= 0.3 is 0 Å². The number of nitrogens with one attached hydrogen (secondary N) is 2. The molecule has 1 aliphatic carbocycles. The first-order chi connectivity index (χ1) is 15.3. The van der Waals surface area contributed by atoms with Crippen LogP contribution in [-0.4, -0.2) is 48.1 Å². The molecule has 2 aromatic heterocycles. The molecule has 32 heavy (non-hydrogen) atoms. The minimum absolute atomic E-state index is 0.0710. The van der Waals surface area contributed by atoms with E-state index in [9.17, 15) is 13.2 Å². The van der Waals surface area contributed by atoms with Gasteiger partial charge < -0.3 is 10.3 Å². The van der Waals surface area contributed by atoms with Crippen molar-refractivity contribution >= 4 is 53.4 Å². The quantitative estimate of drug-likeness (QED) is 0.412. The fourth-order valence-electron chi connectivity index (χ4n) is 4.16. The van der Waals surface area contributed by atoms with Crippen molar-refractivity contribution in [2.24, 2.45) is 5.92 Å². The van der Waals surface area contributed by atoms with Crippen molar-refractivity contribution in [1.82, 2.24) is 14.3 Å². The Kier molecular flexibility index (Phi) is 5.48. The lowest BCUT2D eigenvalue weighted by Gasteiger charge is -2.32. The number of sulfonamides is 1. The minimum atomic E-state index is -3.25. The first-order valence-corrected chi connectivity index (χ1v) is 13.3. The number of pyridine rings is 2. The molecule has 2 N–H and O–H groups in total. The van der Waals surface area contributed by atoms with Gasteiger partial charge in [-0.3, -0.25) is 4.79 Å². The van der Waals surface area contributed by atoms with Crippen molar-refractivity contribution in [1.29, 1.82) is 0 Å². The Hall–Kier alpha value is -2.41. The van der Waals surface area contributed by atoms with Crippen LogP contribution in [0, 0.1) is 17.8 Å². The third-order valence-electron chi connectivity index (χ3n) is 5.98. The molecule has 1 aliphatic heterocycles. The molecular weight excluding hydrogens is 492 g/mol. The lowest BCUT2D eigenvalue weighted by atomic mass is 10.0. The lowest BCUT2D eigenvalue weighted by Crippen LogP contribution is -2.44. The van der Waals surface area contributed by atoms with Gasteiger partial charge in [-0.15, -0.1) is 0 Å². The van der Waals surface area contributed by atoms with Crippen LogP contribution in [0.3, 0.4) is 0 Å². The van der Waals surface area contributed by atoms with Gasteiger partial charge in [0.25, 0.3) is 5.56 Å². The van der Waals surface area contributed by atoms with E-state index >= 15 is 0 Å². The first-order valence-electron chi connectivity index (χ1n) is 10.7. The second kappa shape index (κ2) is 8.18. The molecule has 7 nitrogen and oxygen atoms in total. The summed E-state index contributed by atoms with van der Waals surface area (Å²) in [5.41, 5.74) is 1.05. The zero-order valence-corrected chi connectivity index (χ0v) is 20.0. The molecule has 3 aromatic rings. The fourth-order valence-corrected chi connectivity index (χ4v) is 5.43. The van der Waals surface area contributed by atoms with Gasteiger partial charge in [0.05, 0.1) is 22.7 Å². The van der Waals surface area contributed by atoms with Crippen LogP contribution in [0.25, 0.3) is 21.7 Å². The summed E-state index contributed by atoms with van der Waals surface area (Å²) in [4.78, 5) is 20.5. The molecule has 2 aliphatic rings. The molecule has 0 radical (unpaired) electrons. The molecule has 166 valence electrons. The maximum atomic E-state index is 12.8. The van der Waals surface area contributed by atoms with Gasteiger partial charge in [0.15, 0.2) is 0 Å². The van der Waals surface area contributed by atoms with Gasteiger partial charge in [-0.1, -0.05) is 27.8 Å². The summed E-state index contributed by atoms with van der Waals surface area (Å²) in [5.74, 6) is 7.52. The van der Waals surface area contributed by atoms with Crippen molar-refractivity contribution < 1.29 is 8.42 Å². The van der Waals surface area contributed by atoms with Crippen LogP contribution >= 0.6 is 15.9 Å². The molecule has 2 fully saturated rings. The first kappa shape index (κ1) is 21.4. The molecule has 0 amide bonds. The standard InChI is InChI=1S/C23H23BrN4O3S/c1-32(30,31)28-10-2-3-17(13-28)26-22-18-9-8-16(24)11-19(18)20-21(27-22)15(12-25-23(20)29)7-6-14-4-5-14/h8-9,11-12,14,17H,2-5,10,13H2,1H3,(H,25,29)(H,26,27)/t17-/m0/s1. The summed E-state index contributed by atoms with van der Waals surface area (Å²) >= 11 is 3.52. The molecule has 5 rings (SSSR count). The van der Waals surface area contributed by atoms with E-state index in [1.807, 2.05) is 18.2 Å². The number of hydrogen-bond acceptors (Lipinski definition) is 5. The third-order valence-corrected chi connectivity index (χ3v) is 7.74. The number of benzene rings is 1. The Labute approximate surface area is 194 Å². The Morgan fingerprint density at radius 1 is 1.25 bits per heavy atom. The van der Waals surface area contributed by atoms with Crippen LogP contribution < -0.4 is 10.9 Å². The molecular formula is C23H23BrN4O3S. The number of aromatic amines is 1. The van der Waals surface area contributed by atoms with E-state index in [0.717, 1.165) is 40.9 Å². The number of H-pyrrole nitrogens is 1. The number of aromatic nitrogens is 2. The van der Waals surface area contributed by atoms with E-state index in [2.05, 4.69) is 38.1 Å². The molecule has 1 saturated carbocycles. The van der Waals surface area contributed by atoms with Gasteiger partial charge in [-0.2, -0.15) is 0 Å². The third kappa shape index (κ3) is 4.27. The Morgan fingerprint density at radius 2 is 2.06 bits per heavy atom. The molecule has 3 heterocycles. The molecule has 0 unspecified atom stereocenters. The van der Waals surface area contributed by atoms with E-state index in [4.69, 9.17) is 4.98 Å². The average Bonchev–Trinajstić information content (AvgIpc) is 3.57. The van der Waals surface area contributed by atoms with E-state index in [1.165, 1.54) is 10.6 Å². The van der Waals surface area contributed by atoms with Crippen LogP contribution in [-0.2, 0) is 10.0 Å². The van der Waals surface area contributed by atoms with Crippen molar-refractivity contribution in [3.63, 3.8) is 0 Å². The summed E-state index contributed by atoms with van der Waals surface area (Å²) in [6, 6.07) is 5.68. The second-order valence-electron chi connectivity index (χ2n) is 8.55. The van der Waals surface area contributed by atoms with E-state index in [1.54, 1.807) is 6.20 Å². The number of anilines is 1. The van der Waals surface area contributed by atoms with Crippen LogP contribution in [0.4, 0.5) is 5.82 Å². The van der Waals surface area contributed by atoms with Gasteiger partial charge in [-0.05, 0) is 43.9 Å². The van der Waals surface area contributed by atoms with Crippen LogP contribution in [0.5, 0.6) is 0 Å². The number of nitrogens with zero attached hydrogens (tertiary/aromatic N) is 2. The predicted octanol–water partition coefficient (Wildman–Crippen LogP) is 3.44. The van der Waals surface area contributed by atoms with Crippen molar-refractivity contribution in [2.45, 2.75) is 31.7 Å². The number of fused-ring (bicyclic) bond motifs is 3. The molecule has 9 heteroatoms. The number of rotatable bonds is 3. The van der Waals surface area contributed by atoms with E-state index in [0.29, 0.717) is 41.3 Å². The number of halogens is 1. The highest BCUT2D eigenvalue weighted by molar-refractivity contribution is 9.10. The van der Waals surface area contributed by atoms with Gasteiger partial charge in [0.1, 0.15) is 5.82 Å². The molecule has 1 atom stereocenters. The van der Waals surface area contributed by atoms with Gasteiger partial charge in [0, 0.05) is 46.5 Å². The zero-order valence-electron chi connectivity index (χ0n) is 17.6. The monoisotopic (exact) mass is 514 g/mol. The molecule has 1 aromatic carbocycles. The highest BCUT2D eigenvalue weighted by Crippen LogP contribution is 2.32. The zero-order chi connectivity index (χ0) is 22.5. The molecule has 0 bridgehead atoms. The summed E-state index contributed by atoms with van der Waals surface area (Å²) < 4.78 is 26.5. The summed E-state index contributed by atoms with van der Waals surface area (Å²) in [6.07, 6.45) is 6.72. The maximum Gasteiger partial charge on any atom is 0.258 e. The highest BCUT2D eigenvalue weighted by Gasteiger charge is 2.27. The average molecular weight is 515 g/mol. The van der Waals surface area contributed by atoms with Crippen molar-refractivity contribution in [2.75, 3.05) is 24.7 Å². The second-order valence-corrected chi connectivity index (χ2v) is 11.5. The summed E-state index contributed by atoms with van der Waals surface area (Å²) in [7, 11) is -3.25. The van der Waals surface area contributed by atoms with Crippen LogP contribution in [0.15, 0.2) is 33.7 Å². The normalized spacial score (nSPS) is 19.6. The minimum Gasteiger partial charge on any atom is -0.365 e. The van der Waals surface area contributed by atoms with Gasteiger partial charge in [-0.25, -0.2) is 17.7 Å². The van der Waals surface area contributed by atoms with Crippen molar-refractivity contribution in [3.8, 4) is 11.8 Å². The fraction of sp³-hybridized carbons (Fsp3) is 0.391. The smallest absolute Gasteiger partial charge is 0.258 e. The molecule has 1 saturated heterocycles. The Morgan fingerprint density at radius 3 is 2.81 bits per heavy atom. The summed E-state index contributed by atoms with van der Waals surface area (Å²) in [6.45, 7) is 0.923. The number of hydrogen-bond donors (Lipinski definition) is 2. The number of piperidine rings is 1. The predicted molar refractivity (Wildman–Crippen MR) is 130 cm³/mol. The highest BCUT2D eigenvalue weighted by atomic mass is 79.9. The van der Waals surface area contributed by atoms with E-state index < -0.39 is 10.0 Å². The van der Waals surface area contributed by atoms with Crippen LogP contribution in [0.2, 0.25) is 0 Å². The largest absolute Gasteiger partial charge is 0.365 e. The van der Waals surface area contributed by atoms with Crippen molar-refractivity contribution in [3.05, 3.63) is 44.8 Å². The Bertz CT molecular complexity index is 1450.